The Bertz CT molecular complexity index is 3150. The van der Waals surface area contributed by atoms with E-state index in [1.54, 1.807) is 0 Å². The van der Waals surface area contributed by atoms with Gasteiger partial charge in [-0.1, -0.05) is 152 Å². The van der Waals surface area contributed by atoms with Crippen LogP contribution in [0.15, 0.2) is 186 Å². The molecule has 0 N–H and O–H groups in total. The lowest BCUT2D eigenvalue weighted by molar-refractivity contribution is 0.669. The van der Waals surface area contributed by atoms with Crippen LogP contribution in [0.25, 0.3) is 98.8 Å². The maximum atomic E-state index is 9.89. The molecular formula is C48H30O. The molecule has 10 aromatic rings. The van der Waals surface area contributed by atoms with Gasteiger partial charge in [-0.15, -0.1) is 0 Å². The molecule has 1 nitrogen and oxygen atoms in total. The Kier molecular flexibility index (Phi) is 5.02. The number of fused-ring (bicyclic) bond motifs is 6. The molecule has 10 rings (SSSR count). The van der Waals surface area contributed by atoms with E-state index >= 15 is 0 Å². The second-order valence-corrected chi connectivity index (χ2v) is 12.3. The third-order valence-electron chi connectivity index (χ3n) is 9.55. The molecule has 0 bridgehead atoms. The van der Waals surface area contributed by atoms with Gasteiger partial charge in [-0.25, -0.2) is 0 Å². The van der Waals surface area contributed by atoms with E-state index < -0.39 is 12.1 Å². The minimum atomic E-state index is -0.408. The molecule has 9 aromatic carbocycles. The first kappa shape index (κ1) is 22.2. The summed E-state index contributed by atoms with van der Waals surface area (Å²) < 4.78 is 61.2. The molecule has 0 spiro atoms. The molecule has 1 heteroatoms. The van der Waals surface area contributed by atoms with Gasteiger partial charge in [-0.2, -0.15) is 0 Å². The van der Waals surface area contributed by atoms with Gasteiger partial charge in [-0.3, -0.25) is 0 Å². The van der Waals surface area contributed by atoms with Crippen LogP contribution in [-0.4, -0.2) is 0 Å². The highest BCUT2D eigenvalue weighted by atomic mass is 16.3. The fourth-order valence-electron chi connectivity index (χ4n) is 7.42. The van der Waals surface area contributed by atoms with Crippen molar-refractivity contribution >= 4 is 54.3 Å². The van der Waals surface area contributed by atoms with E-state index in [0.29, 0.717) is 22.3 Å². The number of furan rings is 1. The largest absolute Gasteiger partial charge is 0.456 e. The van der Waals surface area contributed by atoms with Crippen molar-refractivity contribution in [1.82, 2.24) is 0 Å². The van der Waals surface area contributed by atoms with Crippen LogP contribution < -0.4 is 0 Å². The minimum absolute atomic E-state index is 0.0353. The predicted octanol–water partition coefficient (Wildman–Crippen LogP) is 13.7. The van der Waals surface area contributed by atoms with Gasteiger partial charge in [0.1, 0.15) is 11.2 Å². The van der Waals surface area contributed by atoms with Crippen LogP contribution in [0.4, 0.5) is 0 Å². The van der Waals surface area contributed by atoms with Gasteiger partial charge in [0.05, 0.1) is 8.22 Å². The third-order valence-corrected chi connectivity index (χ3v) is 9.55. The van der Waals surface area contributed by atoms with Crippen molar-refractivity contribution in [2.75, 3.05) is 0 Å². The van der Waals surface area contributed by atoms with E-state index in [1.807, 2.05) is 103 Å². The summed E-state index contributed by atoms with van der Waals surface area (Å²) in [5.41, 5.74) is 7.76. The summed E-state index contributed by atoms with van der Waals surface area (Å²) >= 11 is 0. The van der Waals surface area contributed by atoms with Crippen molar-refractivity contribution in [3.8, 4) is 44.5 Å². The van der Waals surface area contributed by atoms with Gasteiger partial charge in [0.15, 0.2) is 0 Å². The Morgan fingerprint density at radius 3 is 1.73 bits per heavy atom. The van der Waals surface area contributed by atoms with E-state index in [0.717, 1.165) is 65.7 Å². The maximum Gasteiger partial charge on any atom is 0.136 e. The zero-order valence-corrected chi connectivity index (χ0v) is 26.3. The van der Waals surface area contributed by atoms with Crippen molar-refractivity contribution in [2.24, 2.45) is 0 Å². The van der Waals surface area contributed by atoms with Gasteiger partial charge in [0.25, 0.3) is 0 Å². The molecular weight excluding hydrogens is 593 g/mol. The first-order chi connectivity index (χ1) is 26.8. The predicted molar refractivity (Wildman–Crippen MR) is 208 cm³/mol. The number of benzene rings is 9. The molecule has 228 valence electrons. The minimum Gasteiger partial charge on any atom is -0.456 e. The zero-order valence-electron chi connectivity index (χ0n) is 32.3. The zero-order chi connectivity index (χ0) is 37.5. The summed E-state index contributed by atoms with van der Waals surface area (Å²) in [6, 6.07) is 46.7. The Labute approximate surface area is 292 Å². The van der Waals surface area contributed by atoms with Crippen LogP contribution in [0.2, 0.25) is 0 Å². The van der Waals surface area contributed by atoms with Crippen LogP contribution in [0.3, 0.4) is 0 Å². The Balaban J connectivity index is 1.36. The number of rotatable bonds is 4. The first-order valence-electron chi connectivity index (χ1n) is 19.4. The molecule has 0 aliphatic carbocycles. The second-order valence-electron chi connectivity index (χ2n) is 12.3. The van der Waals surface area contributed by atoms with Crippen molar-refractivity contribution < 1.29 is 12.6 Å². The van der Waals surface area contributed by atoms with Crippen LogP contribution in [0.1, 0.15) is 8.22 Å². The summed E-state index contributed by atoms with van der Waals surface area (Å²) in [6.07, 6.45) is 0. The van der Waals surface area contributed by atoms with Gasteiger partial charge in [-0.05, 0) is 107 Å². The lowest BCUT2D eigenvalue weighted by Gasteiger charge is -2.19. The molecule has 0 aliphatic rings. The summed E-state index contributed by atoms with van der Waals surface area (Å²) in [5, 5.41) is 5.77. The summed E-state index contributed by atoms with van der Waals surface area (Å²) in [6.45, 7) is 0. The molecule has 0 saturated carbocycles. The molecule has 1 heterocycles. The summed E-state index contributed by atoms with van der Waals surface area (Å²) in [5.74, 6) is 0. The van der Waals surface area contributed by atoms with E-state index in [9.17, 15) is 2.74 Å². The van der Waals surface area contributed by atoms with Crippen molar-refractivity contribution in [3.05, 3.63) is 182 Å². The van der Waals surface area contributed by atoms with Crippen LogP contribution >= 0.6 is 0 Å². The molecule has 0 fully saturated rings. The number of hydrogen-bond donors (Lipinski definition) is 0. The highest BCUT2D eigenvalue weighted by Gasteiger charge is 2.21. The van der Waals surface area contributed by atoms with Crippen LogP contribution in [0.5, 0.6) is 0 Å². The quantitative estimate of drug-likeness (QED) is 0.177. The molecule has 0 aliphatic heterocycles. The van der Waals surface area contributed by atoms with Crippen LogP contribution in [0, 0.1) is 0 Å². The van der Waals surface area contributed by atoms with E-state index in [2.05, 4.69) is 42.5 Å². The molecule has 0 saturated heterocycles. The molecule has 0 atom stereocenters. The first-order valence-corrected chi connectivity index (χ1v) is 16.4. The summed E-state index contributed by atoms with van der Waals surface area (Å²) in [7, 11) is 0. The fourth-order valence-corrected chi connectivity index (χ4v) is 7.42. The van der Waals surface area contributed by atoms with Crippen molar-refractivity contribution in [1.29, 1.82) is 0 Å². The average Bonchev–Trinajstić information content (AvgIpc) is 3.61. The standard InChI is InChI=1S/C48H30O/c1-3-14-31(15-4-1)33-26-27-44-43(29-33)48-41(24-13-25-45(48)49-44)47-39-22-11-9-20-37(39)46(38-21-10-12-23-40(38)47)35-28-34-18-7-8-19-36(34)42(30-35)32-16-5-2-6-17-32/h1-30H/i7D,8D,18D,19D,28D,30D. The Morgan fingerprint density at radius 2 is 1.02 bits per heavy atom. The average molecular weight is 629 g/mol. The highest BCUT2D eigenvalue weighted by molar-refractivity contribution is 6.26. The SMILES string of the molecule is [2H]c1c([2H])c([2H])c2c(-c3ccccc3)c([2H])c(-c3c4ccccc4c(-c4cccc5oc6ccc(-c7ccccc7)cc6c45)c4ccccc34)c([2H])c2c1[2H]. The third kappa shape index (κ3) is 4.40. The molecule has 49 heavy (non-hydrogen) atoms. The Morgan fingerprint density at radius 1 is 0.388 bits per heavy atom. The van der Waals surface area contributed by atoms with Gasteiger partial charge >= 0.3 is 0 Å². The lowest BCUT2D eigenvalue weighted by atomic mass is 9.83. The monoisotopic (exact) mass is 628 g/mol. The summed E-state index contributed by atoms with van der Waals surface area (Å²) in [4.78, 5) is 0. The normalized spacial score (nSPS) is 13.4. The molecule has 0 radical (unpaired) electrons. The molecule has 0 unspecified atom stereocenters. The van der Waals surface area contributed by atoms with Gasteiger partial charge < -0.3 is 4.42 Å². The topological polar surface area (TPSA) is 13.1 Å². The molecule has 0 amide bonds. The number of hydrogen-bond acceptors (Lipinski definition) is 1. The Hall–Kier alpha value is -6.44. The highest BCUT2D eigenvalue weighted by Crippen LogP contribution is 2.48. The smallest absolute Gasteiger partial charge is 0.136 e. The molecule has 1 aromatic heterocycles. The maximum absolute atomic E-state index is 9.89. The van der Waals surface area contributed by atoms with Gasteiger partial charge in [0.2, 0.25) is 0 Å². The van der Waals surface area contributed by atoms with Crippen molar-refractivity contribution in [2.45, 2.75) is 0 Å². The second kappa shape index (κ2) is 11.1. The lowest BCUT2D eigenvalue weighted by Crippen LogP contribution is -1.92. The van der Waals surface area contributed by atoms with Gasteiger partial charge in [0, 0.05) is 10.8 Å². The fraction of sp³-hybridized carbons (Fsp3) is 0. The van der Waals surface area contributed by atoms with E-state index in [1.165, 1.54) is 0 Å². The van der Waals surface area contributed by atoms with E-state index in [-0.39, 0.29) is 34.9 Å². The van der Waals surface area contributed by atoms with E-state index in [4.69, 9.17) is 9.90 Å². The van der Waals surface area contributed by atoms with Crippen molar-refractivity contribution in [3.63, 3.8) is 0 Å². The van der Waals surface area contributed by atoms with Crippen LogP contribution in [-0.2, 0) is 0 Å².